The van der Waals surface area contributed by atoms with Gasteiger partial charge in [-0.2, -0.15) is 0 Å². The number of carboxylic acid groups (broad SMARTS) is 1. The molecule has 1 aliphatic heterocycles. The first-order chi connectivity index (χ1) is 9.50. The molecule has 0 radical (unpaired) electrons. The van der Waals surface area contributed by atoms with Gasteiger partial charge in [0.25, 0.3) is 5.91 Å². The summed E-state index contributed by atoms with van der Waals surface area (Å²) in [7, 11) is 3.79. The molecular weight excluding hydrogens is 256 g/mol. The normalized spacial score (nSPS) is 19.0. The zero-order valence-corrected chi connectivity index (χ0v) is 11.9. The number of likely N-dealkylation sites (tertiary alicyclic amines) is 1. The Labute approximate surface area is 118 Å². The highest BCUT2D eigenvalue weighted by Crippen LogP contribution is 2.17. The Bertz CT molecular complexity index is 516. The van der Waals surface area contributed by atoms with Crippen molar-refractivity contribution in [3.8, 4) is 0 Å². The minimum atomic E-state index is -1.07. The van der Waals surface area contributed by atoms with Crippen molar-refractivity contribution in [1.82, 2.24) is 9.80 Å². The third kappa shape index (κ3) is 2.99. The SMILES string of the molecule is CN(CC1CCCN1C)C(=O)c1ccccc1C(=O)O. The van der Waals surface area contributed by atoms with Crippen molar-refractivity contribution in [3.05, 3.63) is 35.4 Å². The molecule has 0 aliphatic carbocycles. The Morgan fingerprint density at radius 1 is 1.35 bits per heavy atom. The van der Waals surface area contributed by atoms with Crippen LogP contribution >= 0.6 is 0 Å². The molecule has 0 saturated carbocycles. The maximum Gasteiger partial charge on any atom is 0.336 e. The number of hydrogen-bond donors (Lipinski definition) is 1. The van der Waals surface area contributed by atoms with Gasteiger partial charge in [-0.25, -0.2) is 4.79 Å². The second-order valence-corrected chi connectivity index (χ2v) is 5.31. The molecule has 1 aliphatic rings. The number of carboxylic acids is 1. The first-order valence-corrected chi connectivity index (χ1v) is 6.78. The van der Waals surface area contributed by atoms with Crippen LogP contribution in [-0.4, -0.2) is 60.0 Å². The second kappa shape index (κ2) is 6.05. The average Bonchev–Trinajstić information content (AvgIpc) is 2.83. The van der Waals surface area contributed by atoms with Crippen LogP contribution in [0.15, 0.2) is 24.3 Å². The van der Waals surface area contributed by atoms with Crippen LogP contribution in [0.5, 0.6) is 0 Å². The summed E-state index contributed by atoms with van der Waals surface area (Å²) in [6.45, 7) is 1.68. The van der Waals surface area contributed by atoms with E-state index < -0.39 is 5.97 Å². The summed E-state index contributed by atoms with van der Waals surface area (Å²) >= 11 is 0. The van der Waals surface area contributed by atoms with E-state index in [9.17, 15) is 9.59 Å². The van der Waals surface area contributed by atoms with Crippen LogP contribution in [0, 0.1) is 0 Å². The Kier molecular flexibility index (Phi) is 4.39. The van der Waals surface area contributed by atoms with Gasteiger partial charge in [0.1, 0.15) is 0 Å². The Hall–Kier alpha value is -1.88. The molecule has 20 heavy (non-hydrogen) atoms. The highest BCUT2D eigenvalue weighted by atomic mass is 16.4. The lowest BCUT2D eigenvalue weighted by atomic mass is 10.1. The van der Waals surface area contributed by atoms with E-state index in [0.29, 0.717) is 12.6 Å². The van der Waals surface area contributed by atoms with Crippen LogP contribution in [0.25, 0.3) is 0 Å². The average molecular weight is 276 g/mol. The molecule has 1 atom stereocenters. The Morgan fingerprint density at radius 3 is 2.55 bits per heavy atom. The smallest absolute Gasteiger partial charge is 0.336 e. The zero-order chi connectivity index (χ0) is 14.7. The molecule has 1 aromatic carbocycles. The number of likely N-dealkylation sites (N-methyl/N-ethyl adjacent to an activating group) is 2. The largest absolute Gasteiger partial charge is 0.478 e. The number of carbonyl (C=O) groups excluding carboxylic acids is 1. The molecule has 1 saturated heterocycles. The van der Waals surface area contributed by atoms with Gasteiger partial charge in [-0.15, -0.1) is 0 Å². The fraction of sp³-hybridized carbons (Fsp3) is 0.467. The van der Waals surface area contributed by atoms with E-state index in [0.717, 1.165) is 19.4 Å². The summed E-state index contributed by atoms with van der Waals surface area (Å²) < 4.78 is 0. The van der Waals surface area contributed by atoms with Crippen molar-refractivity contribution in [2.45, 2.75) is 18.9 Å². The molecule has 0 spiro atoms. The predicted molar refractivity (Wildman–Crippen MR) is 76.0 cm³/mol. The molecule has 1 aromatic rings. The van der Waals surface area contributed by atoms with Crippen LogP contribution in [0.4, 0.5) is 0 Å². The van der Waals surface area contributed by atoms with Gasteiger partial charge in [-0.3, -0.25) is 4.79 Å². The number of carbonyl (C=O) groups is 2. The predicted octanol–water partition coefficient (Wildman–Crippen LogP) is 1.55. The molecule has 0 bridgehead atoms. The van der Waals surface area contributed by atoms with E-state index in [1.54, 1.807) is 30.1 Å². The molecule has 1 amide bonds. The summed E-state index contributed by atoms with van der Waals surface area (Å²) in [4.78, 5) is 27.4. The molecule has 1 N–H and O–H groups in total. The van der Waals surface area contributed by atoms with Gasteiger partial charge < -0.3 is 14.9 Å². The van der Waals surface area contributed by atoms with Crippen LogP contribution in [0.1, 0.15) is 33.6 Å². The number of benzene rings is 1. The molecule has 1 fully saturated rings. The monoisotopic (exact) mass is 276 g/mol. The third-order valence-electron chi connectivity index (χ3n) is 3.89. The quantitative estimate of drug-likeness (QED) is 0.906. The highest BCUT2D eigenvalue weighted by Gasteiger charge is 2.25. The molecule has 0 aromatic heterocycles. The number of hydrogen-bond acceptors (Lipinski definition) is 3. The van der Waals surface area contributed by atoms with E-state index in [1.807, 2.05) is 0 Å². The lowest BCUT2D eigenvalue weighted by molar-refractivity contribution is 0.0676. The zero-order valence-electron chi connectivity index (χ0n) is 11.9. The highest BCUT2D eigenvalue weighted by molar-refractivity contribution is 6.04. The summed E-state index contributed by atoms with van der Waals surface area (Å²) in [5, 5.41) is 9.14. The van der Waals surface area contributed by atoms with Gasteiger partial charge in [0.05, 0.1) is 11.1 Å². The number of amides is 1. The first kappa shape index (κ1) is 14.5. The van der Waals surface area contributed by atoms with Gasteiger partial charge in [0.15, 0.2) is 0 Å². The van der Waals surface area contributed by atoms with Crippen LogP contribution in [0.2, 0.25) is 0 Å². The molecule has 1 unspecified atom stereocenters. The molecule has 1 heterocycles. The van der Waals surface area contributed by atoms with E-state index >= 15 is 0 Å². The van der Waals surface area contributed by atoms with Crippen LogP contribution in [0.3, 0.4) is 0 Å². The lowest BCUT2D eigenvalue weighted by Gasteiger charge is -2.26. The maximum absolute atomic E-state index is 12.4. The van der Waals surface area contributed by atoms with E-state index in [2.05, 4.69) is 11.9 Å². The van der Waals surface area contributed by atoms with Gasteiger partial charge >= 0.3 is 5.97 Å². The van der Waals surface area contributed by atoms with E-state index in [4.69, 9.17) is 5.11 Å². The van der Waals surface area contributed by atoms with E-state index in [-0.39, 0.29) is 17.0 Å². The lowest BCUT2D eigenvalue weighted by Crippen LogP contribution is -2.39. The minimum absolute atomic E-state index is 0.0594. The van der Waals surface area contributed by atoms with Crippen molar-refractivity contribution in [2.24, 2.45) is 0 Å². The topological polar surface area (TPSA) is 60.9 Å². The van der Waals surface area contributed by atoms with E-state index in [1.165, 1.54) is 6.07 Å². The molecule has 2 rings (SSSR count). The standard InChI is InChI=1S/C15H20N2O3/c1-16-9-5-6-11(16)10-17(2)14(18)12-7-3-4-8-13(12)15(19)20/h3-4,7-8,11H,5-6,9-10H2,1-2H3,(H,19,20). The van der Waals surface area contributed by atoms with Crippen molar-refractivity contribution < 1.29 is 14.7 Å². The summed E-state index contributed by atoms with van der Waals surface area (Å²) in [6, 6.07) is 6.72. The molecule has 5 heteroatoms. The molecule has 5 nitrogen and oxygen atoms in total. The van der Waals surface area contributed by atoms with Gasteiger partial charge in [-0.05, 0) is 38.6 Å². The third-order valence-corrected chi connectivity index (χ3v) is 3.89. The number of aromatic carboxylic acids is 1. The Morgan fingerprint density at radius 2 is 2.00 bits per heavy atom. The number of rotatable bonds is 4. The first-order valence-electron chi connectivity index (χ1n) is 6.78. The van der Waals surface area contributed by atoms with Crippen molar-refractivity contribution in [1.29, 1.82) is 0 Å². The van der Waals surface area contributed by atoms with Crippen molar-refractivity contribution in [2.75, 3.05) is 27.2 Å². The summed E-state index contributed by atoms with van der Waals surface area (Å²) in [5.41, 5.74) is 0.312. The molecular formula is C15H20N2O3. The summed E-state index contributed by atoms with van der Waals surface area (Å²) in [5.74, 6) is -1.30. The second-order valence-electron chi connectivity index (χ2n) is 5.31. The van der Waals surface area contributed by atoms with Crippen LogP contribution in [-0.2, 0) is 0 Å². The van der Waals surface area contributed by atoms with Gasteiger partial charge in [0.2, 0.25) is 0 Å². The van der Waals surface area contributed by atoms with Gasteiger partial charge in [-0.1, -0.05) is 12.1 Å². The number of nitrogens with zero attached hydrogens (tertiary/aromatic N) is 2. The molecule has 108 valence electrons. The fourth-order valence-corrected chi connectivity index (χ4v) is 2.67. The summed E-state index contributed by atoms with van der Waals surface area (Å²) in [6.07, 6.45) is 2.23. The Balaban J connectivity index is 2.12. The van der Waals surface area contributed by atoms with Crippen LogP contribution < -0.4 is 0 Å². The van der Waals surface area contributed by atoms with Gasteiger partial charge in [0, 0.05) is 19.6 Å². The van der Waals surface area contributed by atoms with Crippen molar-refractivity contribution in [3.63, 3.8) is 0 Å². The minimum Gasteiger partial charge on any atom is -0.478 e. The maximum atomic E-state index is 12.4. The van der Waals surface area contributed by atoms with Crippen molar-refractivity contribution >= 4 is 11.9 Å². The fourth-order valence-electron chi connectivity index (χ4n) is 2.67.